The number of nitrogens with one attached hydrogen (secondary N) is 2. The Balaban J connectivity index is 1.68. The lowest BCUT2D eigenvalue weighted by Gasteiger charge is -2.25. The molecule has 1 aliphatic rings. The van der Waals surface area contributed by atoms with E-state index < -0.39 is 35.0 Å². The number of thioether (sulfide) groups is 1. The minimum absolute atomic E-state index is 0.188. The van der Waals surface area contributed by atoms with Gasteiger partial charge < -0.3 is 5.32 Å². The first kappa shape index (κ1) is 19.8. The Morgan fingerprint density at radius 2 is 1.86 bits per heavy atom. The summed E-state index contributed by atoms with van der Waals surface area (Å²) in [5.74, 6) is -3.40. The molecular weight excluding hydrogens is 388 g/mol. The third-order valence-electron chi connectivity index (χ3n) is 4.39. The molecule has 6 nitrogen and oxygen atoms in total. The van der Waals surface area contributed by atoms with Crippen LogP contribution < -0.4 is 10.7 Å². The van der Waals surface area contributed by atoms with Crippen LogP contribution in [0, 0.1) is 11.6 Å². The third-order valence-corrected chi connectivity index (χ3v) is 5.38. The van der Waals surface area contributed by atoms with Crippen LogP contribution in [-0.2, 0) is 15.1 Å². The van der Waals surface area contributed by atoms with Crippen molar-refractivity contribution in [2.45, 2.75) is 23.8 Å². The minimum atomic E-state index is -1.25. The molecule has 146 valence electrons. The zero-order chi connectivity index (χ0) is 20.3. The summed E-state index contributed by atoms with van der Waals surface area (Å²) in [5.41, 5.74) is 1.64. The summed E-state index contributed by atoms with van der Waals surface area (Å²) in [7, 11) is 0. The Morgan fingerprint density at radius 1 is 1.14 bits per heavy atom. The van der Waals surface area contributed by atoms with Crippen LogP contribution in [0.4, 0.5) is 13.6 Å². The number of urea groups is 1. The Morgan fingerprint density at radius 3 is 2.50 bits per heavy atom. The van der Waals surface area contributed by atoms with Gasteiger partial charge in [0.15, 0.2) is 11.6 Å². The molecule has 3 rings (SSSR count). The molecule has 0 aliphatic carbocycles. The van der Waals surface area contributed by atoms with Crippen molar-refractivity contribution in [2.75, 3.05) is 5.75 Å². The maximum atomic E-state index is 13.2. The van der Waals surface area contributed by atoms with Crippen molar-refractivity contribution >= 4 is 29.6 Å². The Kier molecular flexibility index (Phi) is 5.64. The number of amides is 4. The van der Waals surface area contributed by atoms with E-state index in [1.165, 1.54) is 6.07 Å². The van der Waals surface area contributed by atoms with E-state index in [0.29, 0.717) is 21.9 Å². The summed E-state index contributed by atoms with van der Waals surface area (Å²) in [6, 6.07) is 11.3. The molecule has 9 heteroatoms. The highest BCUT2D eigenvalue weighted by Crippen LogP contribution is 2.31. The number of nitrogens with zero attached hydrogens (tertiary/aromatic N) is 1. The number of hydrazine groups is 1. The summed E-state index contributed by atoms with van der Waals surface area (Å²) < 4.78 is 26.2. The van der Waals surface area contributed by atoms with Crippen molar-refractivity contribution in [1.29, 1.82) is 0 Å². The molecule has 1 aliphatic heterocycles. The first-order valence-electron chi connectivity index (χ1n) is 8.47. The van der Waals surface area contributed by atoms with Gasteiger partial charge in [-0.1, -0.05) is 37.3 Å². The lowest BCUT2D eigenvalue weighted by atomic mass is 9.87. The first-order valence-corrected chi connectivity index (χ1v) is 9.45. The van der Waals surface area contributed by atoms with Crippen LogP contribution in [0.25, 0.3) is 0 Å². The van der Waals surface area contributed by atoms with Gasteiger partial charge >= 0.3 is 6.03 Å². The topological polar surface area (TPSA) is 78.5 Å². The fourth-order valence-corrected chi connectivity index (χ4v) is 3.62. The SMILES string of the molecule is CCC1(c2ccccc2)NC(=O)N(NC(=O)CSc2ccc(F)c(F)c2)C1=O. The lowest BCUT2D eigenvalue weighted by molar-refractivity contribution is -0.138. The van der Waals surface area contributed by atoms with Gasteiger partial charge in [-0.05, 0) is 30.2 Å². The second-order valence-electron chi connectivity index (χ2n) is 6.10. The van der Waals surface area contributed by atoms with E-state index in [4.69, 9.17) is 0 Å². The fraction of sp³-hybridized carbons (Fsp3) is 0.211. The number of carbonyl (C=O) groups excluding carboxylic acids is 3. The Labute approximate surface area is 164 Å². The quantitative estimate of drug-likeness (QED) is 0.572. The van der Waals surface area contributed by atoms with E-state index in [9.17, 15) is 23.2 Å². The molecule has 0 aromatic heterocycles. The number of rotatable bonds is 6. The van der Waals surface area contributed by atoms with Crippen LogP contribution in [0.2, 0.25) is 0 Å². The largest absolute Gasteiger partial charge is 0.344 e. The van der Waals surface area contributed by atoms with Crippen molar-refractivity contribution in [3.05, 3.63) is 65.7 Å². The predicted octanol–water partition coefficient (Wildman–Crippen LogP) is 2.95. The fourth-order valence-electron chi connectivity index (χ4n) is 2.91. The summed E-state index contributed by atoms with van der Waals surface area (Å²) in [6.45, 7) is 1.76. The van der Waals surface area contributed by atoms with E-state index in [1.54, 1.807) is 37.3 Å². The molecule has 4 amide bonds. The minimum Gasteiger partial charge on any atom is -0.318 e. The molecule has 1 fully saturated rings. The van der Waals surface area contributed by atoms with Gasteiger partial charge in [0, 0.05) is 4.90 Å². The molecule has 2 N–H and O–H groups in total. The van der Waals surface area contributed by atoms with Crippen molar-refractivity contribution in [2.24, 2.45) is 0 Å². The summed E-state index contributed by atoms with van der Waals surface area (Å²) in [6.07, 6.45) is 0.303. The highest BCUT2D eigenvalue weighted by molar-refractivity contribution is 8.00. The van der Waals surface area contributed by atoms with Crippen molar-refractivity contribution < 1.29 is 23.2 Å². The Bertz CT molecular complexity index is 926. The number of hydrogen-bond donors (Lipinski definition) is 2. The van der Waals surface area contributed by atoms with Crippen LogP contribution in [0.3, 0.4) is 0 Å². The summed E-state index contributed by atoms with van der Waals surface area (Å²) >= 11 is 0.951. The number of imide groups is 1. The van der Waals surface area contributed by atoms with Gasteiger partial charge in [-0.2, -0.15) is 5.01 Å². The van der Waals surface area contributed by atoms with Crippen LogP contribution >= 0.6 is 11.8 Å². The van der Waals surface area contributed by atoms with E-state index in [-0.39, 0.29) is 5.75 Å². The van der Waals surface area contributed by atoms with Crippen LogP contribution in [0.15, 0.2) is 53.4 Å². The molecule has 1 heterocycles. The van der Waals surface area contributed by atoms with E-state index in [1.807, 2.05) is 0 Å². The molecule has 0 spiro atoms. The predicted molar refractivity (Wildman–Crippen MR) is 99.0 cm³/mol. The summed E-state index contributed by atoms with van der Waals surface area (Å²) in [5, 5.41) is 3.31. The van der Waals surface area contributed by atoms with Gasteiger partial charge in [-0.3, -0.25) is 15.0 Å². The highest BCUT2D eigenvalue weighted by Gasteiger charge is 2.52. The van der Waals surface area contributed by atoms with Gasteiger partial charge in [-0.25, -0.2) is 13.6 Å². The van der Waals surface area contributed by atoms with Crippen molar-refractivity contribution in [3.8, 4) is 0 Å². The molecule has 0 bridgehead atoms. The molecular formula is C19H17F2N3O3S. The number of benzene rings is 2. The monoisotopic (exact) mass is 405 g/mol. The van der Waals surface area contributed by atoms with E-state index in [0.717, 1.165) is 23.9 Å². The average molecular weight is 405 g/mol. The third kappa shape index (κ3) is 3.70. The van der Waals surface area contributed by atoms with Crippen molar-refractivity contribution in [1.82, 2.24) is 15.8 Å². The number of carbonyl (C=O) groups is 3. The van der Waals surface area contributed by atoms with Crippen LogP contribution in [-0.4, -0.2) is 28.6 Å². The molecule has 0 radical (unpaired) electrons. The second kappa shape index (κ2) is 7.97. The molecule has 1 unspecified atom stereocenters. The molecule has 1 atom stereocenters. The van der Waals surface area contributed by atoms with E-state index >= 15 is 0 Å². The van der Waals surface area contributed by atoms with Crippen LogP contribution in [0.1, 0.15) is 18.9 Å². The normalized spacial score (nSPS) is 18.9. The first-order chi connectivity index (χ1) is 13.4. The number of halogens is 2. The average Bonchev–Trinajstić information content (AvgIpc) is 2.94. The smallest absolute Gasteiger partial charge is 0.318 e. The zero-order valence-corrected chi connectivity index (χ0v) is 15.7. The van der Waals surface area contributed by atoms with Gasteiger partial charge in [0.25, 0.3) is 5.91 Å². The molecule has 0 saturated carbocycles. The Hall–Kier alpha value is -2.94. The van der Waals surface area contributed by atoms with Crippen LogP contribution in [0.5, 0.6) is 0 Å². The molecule has 1 saturated heterocycles. The molecule has 2 aromatic carbocycles. The number of hydrogen-bond acceptors (Lipinski definition) is 4. The highest BCUT2D eigenvalue weighted by atomic mass is 32.2. The van der Waals surface area contributed by atoms with Gasteiger partial charge in [0.05, 0.1) is 5.75 Å². The summed E-state index contributed by atoms with van der Waals surface area (Å²) in [4.78, 5) is 37.7. The second-order valence-corrected chi connectivity index (χ2v) is 7.14. The zero-order valence-electron chi connectivity index (χ0n) is 14.9. The lowest BCUT2D eigenvalue weighted by Crippen LogP contribution is -2.49. The van der Waals surface area contributed by atoms with Gasteiger partial charge in [-0.15, -0.1) is 11.8 Å². The standard InChI is InChI=1S/C19H17F2N3O3S/c1-2-19(12-6-4-3-5-7-12)17(26)24(18(27)22-19)23-16(25)11-28-13-8-9-14(20)15(21)10-13/h3-10H,2,11H2,1H3,(H,22,27)(H,23,25). The van der Waals surface area contributed by atoms with E-state index in [2.05, 4.69) is 10.7 Å². The maximum Gasteiger partial charge on any atom is 0.344 e. The molecule has 28 heavy (non-hydrogen) atoms. The maximum absolute atomic E-state index is 13.2. The van der Waals surface area contributed by atoms with Gasteiger partial charge in [0.2, 0.25) is 5.91 Å². The molecule has 2 aromatic rings. The van der Waals surface area contributed by atoms with Crippen molar-refractivity contribution in [3.63, 3.8) is 0 Å². The van der Waals surface area contributed by atoms with Gasteiger partial charge in [0.1, 0.15) is 5.54 Å².